The molecule has 0 bridgehead atoms. The Morgan fingerprint density at radius 3 is 2.90 bits per heavy atom. The number of nitrogens with zero attached hydrogens (tertiary/aromatic N) is 3. The van der Waals surface area contributed by atoms with Crippen molar-refractivity contribution in [1.82, 2.24) is 9.88 Å². The second-order valence-corrected chi connectivity index (χ2v) is 6.22. The molecule has 1 aliphatic carbocycles. The number of likely N-dealkylation sites (tertiary alicyclic amines) is 1. The zero-order valence-corrected chi connectivity index (χ0v) is 12.9. The summed E-state index contributed by atoms with van der Waals surface area (Å²) in [5, 5.41) is 12.9. The number of pyridine rings is 1. The van der Waals surface area contributed by atoms with E-state index in [9.17, 15) is 5.26 Å². The van der Waals surface area contributed by atoms with Gasteiger partial charge < -0.3 is 10.2 Å². The van der Waals surface area contributed by atoms with Crippen LogP contribution in [0.25, 0.3) is 0 Å². The van der Waals surface area contributed by atoms with Crippen molar-refractivity contribution in [2.75, 3.05) is 25.0 Å². The maximum absolute atomic E-state index is 9.35. The Hall–Kier alpha value is -1.60. The van der Waals surface area contributed by atoms with Crippen molar-refractivity contribution < 1.29 is 0 Å². The topological polar surface area (TPSA) is 52.0 Å². The molecule has 0 amide bonds. The maximum atomic E-state index is 9.35. The molecule has 2 aliphatic rings. The maximum Gasteiger partial charge on any atom is 0.144 e. The summed E-state index contributed by atoms with van der Waals surface area (Å²) in [6.07, 6.45) is 6.82. The van der Waals surface area contributed by atoms with Gasteiger partial charge >= 0.3 is 0 Å². The van der Waals surface area contributed by atoms with Crippen LogP contribution in [0.4, 0.5) is 5.82 Å². The highest BCUT2D eigenvalue weighted by molar-refractivity contribution is 5.55. The van der Waals surface area contributed by atoms with E-state index in [1.165, 1.54) is 30.6 Å². The molecule has 0 atom stereocenters. The molecular formula is C17H24N4. The number of hydrogen-bond acceptors (Lipinski definition) is 4. The molecule has 4 nitrogen and oxygen atoms in total. The number of piperidine rings is 1. The van der Waals surface area contributed by atoms with Crippen LogP contribution < -0.4 is 5.32 Å². The van der Waals surface area contributed by atoms with Crippen LogP contribution in [0, 0.1) is 11.3 Å². The Morgan fingerprint density at radius 2 is 2.19 bits per heavy atom. The van der Waals surface area contributed by atoms with E-state index in [4.69, 9.17) is 4.98 Å². The lowest BCUT2D eigenvalue weighted by Crippen LogP contribution is -2.39. The predicted octanol–water partition coefficient (Wildman–Crippen LogP) is 2.73. The Bertz CT molecular complexity index is 538. The van der Waals surface area contributed by atoms with Gasteiger partial charge in [-0.3, -0.25) is 0 Å². The Morgan fingerprint density at radius 1 is 1.38 bits per heavy atom. The van der Waals surface area contributed by atoms with E-state index in [0.29, 0.717) is 11.6 Å². The molecule has 4 heteroatoms. The summed E-state index contributed by atoms with van der Waals surface area (Å²) in [6, 6.07) is 4.81. The third-order valence-corrected chi connectivity index (χ3v) is 4.64. The van der Waals surface area contributed by atoms with Crippen LogP contribution in [0.5, 0.6) is 0 Å². The van der Waals surface area contributed by atoms with Gasteiger partial charge in [-0.15, -0.1) is 0 Å². The molecule has 21 heavy (non-hydrogen) atoms. The molecule has 1 N–H and O–H groups in total. The summed E-state index contributed by atoms with van der Waals surface area (Å²) >= 11 is 0. The highest BCUT2D eigenvalue weighted by atomic mass is 15.1. The van der Waals surface area contributed by atoms with Crippen molar-refractivity contribution in [1.29, 1.82) is 5.26 Å². The molecule has 1 aromatic heterocycles. The molecule has 1 aromatic rings. The van der Waals surface area contributed by atoms with Gasteiger partial charge in [0.05, 0.1) is 5.56 Å². The molecule has 3 rings (SSSR count). The molecule has 2 heterocycles. The van der Waals surface area contributed by atoms with Gasteiger partial charge in [0.15, 0.2) is 0 Å². The molecule has 112 valence electrons. The number of fused-ring (bicyclic) bond motifs is 1. The van der Waals surface area contributed by atoms with Gasteiger partial charge in [-0.25, -0.2) is 4.98 Å². The lowest BCUT2D eigenvalue weighted by molar-refractivity contribution is 0.219. The first-order valence-corrected chi connectivity index (χ1v) is 8.22. The molecule has 0 aromatic carbocycles. The van der Waals surface area contributed by atoms with Gasteiger partial charge in [-0.05, 0) is 56.7 Å². The van der Waals surface area contributed by atoms with Crippen molar-refractivity contribution in [3.63, 3.8) is 0 Å². The monoisotopic (exact) mass is 284 g/mol. The normalized spacial score (nSPS) is 19.2. The zero-order valence-electron chi connectivity index (χ0n) is 12.9. The van der Waals surface area contributed by atoms with Crippen LogP contribution in [0.3, 0.4) is 0 Å². The molecule has 1 saturated heterocycles. The fourth-order valence-electron chi connectivity index (χ4n) is 3.48. The number of nitriles is 1. The summed E-state index contributed by atoms with van der Waals surface area (Å²) in [7, 11) is 0. The van der Waals surface area contributed by atoms with Gasteiger partial charge in [-0.1, -0.05) is 6.92 Å². The van der Waals surface area contributed by atoms with Crippen molar-refractivity contribution in [3.8, 4) is 6.07 Å². The summed E-state index contributed by atoms with van der Waals surface area (Å²) < 4.78 is 0. The van der Waals surface area contributed by atoms with E-state index >= 15 is 0 Å². The van der Waals surface area contributed by atoms with E-state index in [-0.39, 0.29) is 0 Å². The standard InChI is InChI=1S/C17H24N4/c1-2-8-21-9-6-15(7-10-21)19-17-14(12-18)11-13-4-3-5-16(13)20-17/h11,15H,2-10H2,1H3,(H,19,20). The SMILES string of the molecule is CCCN1CCC(Nc2nc3c(cc2C#N)CCC3)CC1. The van der Waals surface area contributed by atoms with Gasteiger partial charge in [0.25, 0.3) is 0 Å². The van der Waals surface area contributed by atoms with E-state index in [1.54, 1.807) is 0 Å². The summed E-state index contributed by atoms with van der Waals surface area (Å²) in [6.45, 7) is 5.74. The summed E-state index contributed by atoms with van der Waals surface area (Å²) in [4.78, 5) is 7.25. The first-order valence-electron chi connectivity index (χ1n) is 8.22. The van der Waals surface area contributed by atoms with Gasteiger partial charge in [0, 0.05) is 24.8 Å². The summed E-state index contributed by atoms with van der Waals surface area (Å²) in [5.41, 5.74) is 3.18. The van der Waals surface area contributed by atoms with Crippen LogP contribution in [0.2, 0.25) is 0 Å². The summed E-state index contributed by atoms with van der Waals surface area (Å²) in [5.74, 6) is 0.812. The van der Waals surface area contributed by atoms with E-state index < -0.39 is 0 Å². The van der Waals surface area contributed by atoms with Crippen LogP contribution >= 0.6 is 0 Å². The molecule has 0 unspecified atom stereocenters. The first-order chi connectivity index (χ1) is 10.3. The molecule has 1 aliphatic heterocycles. The Kier molecular flexibility index (Phi) is 4.40. The minimum atomic E-state index is 0.456. The van der Waals surface area contributed by atoms with Crippen molar-refractivity contribution in [2.24, 2.45) is 0 Å². The van der Waals surface area contributed by atoms with E-state index in [2.05, 4.69) is 23.2 Å². The molecular weight excluding hydrogens is 260 g/mol. The minimum absolute atomic E-state index is 0.456. The number of aromatic nitrogens is 1. The highest BCUT2D eigenvalue weighted by Gasteiger charge is 2.21. The van der Waals surface area contributed by atoms with Crippen molar-refractivity contribution in [3.05, 3.63) is 22.9 Å². The van der Waals surface area contributed by atoms with Crippen LogP contribution in [-0.4, -0.2) is 35.6 Å². The lowest BCUT2D eigenvalue weighted by Gasteiger charge is -2.32. The number of nitrogens with one attached hydrogen (secondary N) is 1. The molecule has 0 saturated carbocycles. The smallest absolute Gasteiger partial charge is 0.144 e. The Labute approximate surface area is 127 Å². The van der Waals surface area contributed by atoms with Crippen molar-refractivity contribution in [2.45, 2.75) is 51.5 Å². The largest absolute Gasteiger partial charge is 0.366 e. The zero-order chi connectivity index (χ0) is 14.7. The molecule has 0 spiro atoms. The highest BCUT2D eigenvalue weighted by Crippen LogP contribution is 2.26. The van der Waals surface area contributed by atoms with Crippen LogP contribution in [0.15, 0.2) is 6.07 Å². The predicted molar refractivity (Wildman–Crippen MR) is 84.4 cm³/mol. The third kappa shape index (κ3) is 3.19. The average Bonchev–Trinajstić information content (AvgIpc) is 2.96. The molecule has 1 fully saturated rings. The fraction of sp³-hybridized carbons (Fsp3) is 0.647. The van der Waals surface area contributed by atoms with Crippen LogP contribution in [-0.2, 0) is 12.8 Å². The Balaban J connectivity index is 1.67. The van der Waals surface area contributed by atoms with Gasteiger partial charge in [-0.2, -0.15) is 5.26 Å². The van der Waals surface area contributed by atoms with Gasteiger partial charge in [0.2, 0.25) is 0 Å². The number of hydrogen-bond donors (Lipinski definition) is 1. The van der Waals surface area contributed by atoms with E-state index in [1.807, 2.05) is 6.07 Å². The second-order valence-electron chi connectivity index (χ2n) is 6.22. The average molecular weight is 284 g/mol. The van der Waals surface area contributed by atoms with Gasteiger partial charge in [0.1, 0.15) is 11.9 Å². The van der Waals surface area contributed by atoms with Crippen molar-refractivity contribution >= 4 is 5.82 Å². The molecule has 0 radical (unpaired) electrons. The number of anilines is 1. The quantitative estimate of drug-likeness (QED) is 0.923. The third-order valence-electron chi connectivity index (χ3n) is 4.64. The van der Waals surface area contributed by atoms with E-state index in [0.717, 1.165) is 44.6 Å². The second kappa shape index (κ2) is 6.44. The number of rotatable bonds is 4. The number of aryl methyl sites for hydroxylation is 2. The fourth-order valence-corrected chi connectivity index (χ4v) is 3.48. The van der Waals surface area contributed by atoms with Crippen LogP contribution in [0.1, 0.15) is 49.4 Å². The lowest BCUT2D eigenvalue weighted by atomic mass is 10.0. The first kappa shape index (κ1) is 14.3. The minimum Gasteiger partial charge on any atom is -0.366 e.